The number of benzene rings is 1. The minimum absolute atomic E-state index is 0.470. The number of nitrogens with zero attached hydrogens (tertiary/aromatic N) is 4. The first-order chi connectivity index (χ1) is 13.0. The zero-order valence-corrected chi connectivity index (χ0v) is 14.5. The molecule has 4 rings (SSSR count). The van der Waals surface area contributed by atoms with Gasteiger partial charge in [-0.05, 0) is 42.8 Å². The van der Waals surface area contributed by atoms with Gasteiger partial charge in [0, 0.05) is 30.7 Å². The Morgan fingerprint density at radius 1 is 1.19 bits per heavy atom. The summed E-state index contributed by atoms with van der Waals surface area (Å²) in [5.74, 6) is 0.470. The summed E-state index contributed by atoms with van der Waals surface area (Å²) in [4.78, 5) is 9.06. The lowest BCUT2D eigenvalue weighted by atomic mass is 10.1. The number of fused-ring (bicyclic) bond motifs is 1. The molecule has 130 valence electrons. The highest BCUT2D eigenvalue weighted by molar-refractivity contribution is 5.80. The quantitative estimate of drug-likeness (QED) is 0.490. The van der Waals surface area contributed by atoms with E-state index in [0.717, 1.165) is 28.0 Å². The number of nitrogens with one attached hydrogen (secondary N) is 2. The van der Waals surface area contributed by atoms with E-state index in [1.54, 1.807) is 25.4 Å². The molecule has 7 nitrogen and oxygen atoms in total. The molecule has 1 aromatic carbocycles. The van der Waals surface area contributed by atoms with Crippen molar-refractivity contribution in [2.24, 2.45) is 0 Å². The lowest BCUT2D eigenvalue weighted by molar-refractivity contribution is 0.961. The van der Waals surface area contributed by atoms with Crippen LogP contribution in [0.25, 0.3) is 16.8 Å². The molecule has 0 saturated heterocycles. The predicted molar refractivity (Wildman–Crippen MR) is 105 cm³/mol. The van der Waals surface area contributed by atoms with Gasteiger partial charge in [-0.3, -0.25) is 0 Å². The van der Waals surface area contributed by atoms with E-state index in [1.807, 2.05) is 48.1 Å². The molecule has 3 aromatic heterocycles. The fraction of sp³-hybridized carbons (Fsp3) is 0.105. The molecule has 0 spiro atoms. The smallest absolute Gasteiger partial charge is 0.227 e. The number of pyridine rings is 1. The van der Waals surface area contributed by atoms with Crippen molar-refractivity contribution in [3.05, 3.63) is 60.6 Å². The molecule has 4 aromatic rings. The largest absolute Gasteiger partial charge is 0.397 e. The maximum Gasteiger partial charge on any atom is 0.227 e. The lowest BCUT2D eigenvalue weighted by Gasteiger charge is -2.11. The van der Waals surface area contributed by atoms with Crippen molar-refractivity contribution < 1.29 is 1.41 Å². The van der Waals surface area contributed by atoms with Crippen LogP contribution in [-0.2, 0) is 0 Å². The highest BCUT2D eigenvalue weighted by Gasteiger charge is 2.12. The molecule has 0 amide bonds. The molecule has 4 N–H and O–H groups in total. The van der Waals surface area contributed by atoms with Crippen molar-refractivity contribution in [2.75, 3.05) is 23.4 Å². The normalized spacial score (nSPS) is 11.4. The van der Waals surface area contributed by atoms with Crippen LogP contribution in [-0.4, -0.2) is 26.6 Å². The maximum atomic E-state index is 7.65. The van der Waals surface area contributed by atoms with Crippen LogP contribution in [0.15, 0.2) is 55.0 Å². The number of hydrogen-bond donors (Lipinski definition) is 3. The third kappa shape index (κ3) is 2.79. The maximum absolute atomic E-state index is 7.65. The molecule has 26 heavy (non-hydrogen) atoms. The number of aryl methyl sites for hydroxylation is 1. The van der Waals surface area contributed by atoms with Crippen LogP contribution in [0.5, 0.6) is 0 Å². The van der Waals surface area contributed by atoms with Crippen molar-refractivity contribution in [1.29, 1.82) is 0 Å². The van der Waals surface area contributed by atoms with Crippen molar-refractivity contribution in [3.63, 3.8) is 0 Å². The number of nitrogens with two attached hydrogens (primary N) is 1. The second kappa shape index (κ2) is 6.36. The first kappa shape index (κ1) is 14.7. The van der Waals surface area contributed by atoms with Crippen LogP contribution in [0.3, 0.4) is 0 Å². The fourth-order valence-corrected chi connectivity index (χ4v) is 2.86. The number of anilines is 4. The van der Waals surface area contributed by atoms with E-state index in [-0.39, 0.29) is 0 Å². The molecule has 7 heteroatoms. The SMILES string of the molecule is [2H]N(C)c1ccc(Nc2ncc(C)c(-c3cnn4ccccc34)n2)cc1N. The van der Waals surface area contributed by atoms with Gasteiger partial charge in [-0.1, -0.05) is 6.07 Å². The average molecular weight is 346 g/mol. The van der Waals surface area contributed by atoms with Gasteiger partial charge in [-0.25, -0.2) is 14.5 Å². The van der Waals surface area contributed by atoms with Gasteiger partial charge in [0.05, 0.1) is 28.8 Å². The molecule has 0 saturated carbocycles. The summed E-state index contributed by atoms with van der Waals surface area (Å²) in [5.41, 5.74) is 11.6. The monoisotopic (exact) mass is 346 g/mol. The van der Waals surface area contributed by atoms with Crippen LogP contribution in [0, 0.1) is 6.92 Å². The summed E-state index contributed by atoms with van der Waals surface area (Å²) in [7, 11) is 1.63. The van der Waals surface area contributed by atoms with Gasteiger partial charge in [0.1, 0.15) is 0 Å². The van der Waals surface area contributed by atoms with E-state index in [2.05, 4.69) is 20.4 Å². The Labute approximate surface area is 152 Å². The van der Waals surface area contributed by atoms with Crippen LogP contribution in [0.1, 0.15) is 5.56 Å². The minimum Gasteiger partial charge on any atom is -0.397 e. The van der Waals surface area contributed by atoms with Crippen molar-refractivity contribution in [1.82, 2.24) is 19.6 Å². The van der Waals surface area contributed by atoms with E-state index in [0.29, 0.717) is 17.3 Å². The van der Waals surface area contributed by atoms with Gasteiger partial charge in [-0.15, -0.1) is 0 Å². The summed E-state index contributed by atoms with van der Waals surface area (Å²) in [6.45, 7) is 1.97. The summed E-state index contributed by atoms with van der Waals surface area (Å²) in [6, 6.07) is 11.3. The Morgan fingerprint density at radius 2 is 2.08 bits per heavy atom. The predicted octanol–water partition coefficient (Wildman–Crippen LogP) is 3.47. The fourth-order valence-electron chi connectivity index (χ4n) is 2.86. The van der Waals surface area contributed by atoms with Crippen LogP contribution in [0.4, 0.5) is 23.0 Å². The zero-order valence-electron chi connectivity index (χ0n) is 15.5. The van der Waals surface area contributed by atoms with Gasteiger partial charge in [0.25, 0.3) is 0 Å². The van der Waals surface area contributed by atoms with Gasteiger partial charge in [0.2, 0.25) is 5.95 Å². The van der Waals surface area contributed by atoms with E-state index < -0.39 is 0 Å². The molecule has 0 aliphatic rings. The number of nitrogen functional groups attached to an aromatic ring is 1. The van der Waals surface area contributed by atoms with Gasteiger partial charge in [-0.2, -0.15) is 5.10 Å². The highest BCUT2D eigenvalue weighted by atomic mass is 15.2. The third-order valence-corrected chi connectivity index (χ3v) is 4.18. The molecule has 0 unspecified atom stereocenters. The van der Waals surface area contributed by atoms with E-state index in [9.17, 15) is 0 Å². The second-order valence-corrected chi connectivity index (χ2v) is 5.94. The minimum atomic E-state index is 0.470. The Kier molecular flexibility index (Phi) is 3.60. The van der Waals surface area contributed by atoms with E-state index in [4.69, 9.17) is 7.15 Å². The molecule has 0 atom stereocenters. The van der Waals surface area contributed by atoms with E-state index >= 15 is 0 Å². The van der Waals surface area contributed by atoms with Crippen molar-refractivity contribution in [3.8, 4) is 11.3 Å². The van der Waals surface area contributed by atoms with Crippen LogP contribution < -0.4 is 16.4 Å². The van der Waals surface area contributed by atoms with Gasteiger partial charge >= 0.3 is 0 Å². The summed E-state index contributed by atoms with van der Waals surface area (Å²) in [6.07, 6.45) is 5.50. The molecule has 3 heterocycles. The molecular formula is C19H19N7. The number of aromatic nitrogens is 4. The zero-order chi connectivity index (χ0) is 19.0. The Hall–Kier alpha value is -3.61. The van der Waals surface area contributed by atoms with Crippen LogP contribution >= 0.6 is 0 Å². The lowest BCUT2D eigenvalue weighted by Crippen LogP contribution is -2.01. The molecular weight excluding hydrogens is 326 g/mol. The van der Waals surface area contributed by atoms with Gasteiger partial charge in [0.15, 0.2) is 1.41 Å². The number of hydrogen-bond acceptors (Lipinski definition) is 6. The Balaban J connectivity index is 1.70. The van der Waals surface area contributed by atoms with Crippen LogP contribution in [0.2, 0.25) is 1.41 Å². The van der Waals surface area contributed by atoms with Gasteiger partial charge < -0.3 is 16.4 Å². The van der Waals surface area contributed by atoms with Crippen molar-refractivity contribution >= 4 is 28.5 Å². The Bertz CT molecular complexity index is 1120. The summed E-state index contributed by atoms with van der Waals surface area (Å²) in [5, 5.41) is 8.79. The standard InChI is InChI=1S/C19H19N7/c1-12-10-22-19(24-13-6-7-16(21-2)15(20)9-13)25-18(12)14-11-23-26-8-4-3-5-17(14)26/h3-11,21H,20H2,1-2H3,(H,22,24,25)/i/hD. The highest BCUT2D eigenvalue weighted by Crippen LogP contribution is 2.28. The first-order valence-corrected chi connectivity index (χ1v) is 8.18. The van der Waals surface area contributed by atoms with E-state index in [1.165, 1.54) is 5.31 Å². The molecule has 0 aliphatic carbocycles. The molecule has 0 radical (unpaired) electrons. The summed E-state index contributed by atoms with van der Waals surface area (Å²) >= 11 is 0. The number of rotatable bonds is 4. The second-order valence-electron chi connectivity index (χ2n) is 5.94. The molecule has 0 bridgehead atoms. The third-order valence-electron chi connectivity index (χ3n) is 4.18. The van der Waals surface area contributed by atoms with Crippen molar-refractivity contribution in [2.45, 2.75) is 6.92 Å². The first-order valence-electron chi connectivity index (χ1n) is 8.63. The summed E-state index contributed by atoms with van der Waals surface area (Å²) < 4.78 is 9.47. The topological polar surface area (TPSA) is 93.2 Å². The Morgan fingerprint density at radius 3 is 2.88 bits per heavy atom. The average Bonchev–Trinajstić information content (AvgIpc) is 3.07. The molecule has 0 aliphatic heterocycles. The molecule has 0 fully saturated rings.